The van der Waals surface area contributed by atoms with Crippen LogP contribution in [0.1, 0.15) is 60.9 Å². The van der Waals surface area contributed by atoms with Crippen LogP contribution >= 0.6 is 11.6 Å². The van der Waals surface area contributed by atoms with Gasteiger partial charge in [0.1, 0.15) is 6.61 Å². The summed E-state index contributed by atoms with van der Waals surface area (Å²) < 4.78 is 46.0. The number of aryl methyl sites for hydroxylation is 1. The largest absolute Gasteiger partial charge is 0.379 e. The molecule has 0 aliphatic heterocycles. The summed E-state index contributed by atoms with van der Waals surface area (Å²) in [5.41, 5.74) is 3.23. The first kappa shape index (κ1) is 57.8. The van der Waals surface area contributed by atoms with Crippen LogP contribution in [0, 0.1) is 0 Å². The Kier molecular flexibility index (Phi) is 31.3. The Morgan fingerprint density at radius 2 is 0.914 bits per heavy atom. The Hall–Kier alpha value is -4.82. The molecule has 0 fully saturated rings. The highest BCUT2D eigenvalue weighted by atomic mass is 35.5. The molecule has 386 valence electrons. The molecule has 0 aliphatic rings. The number of amides is 3. The zero-order valence-corrected chi connectivity index (χ0v) is 41.5. The monoisotopic (exact) mass is 995 g/mol. The minimum Gasteiger partial charge on any atom is -0.379 e. The molecular formula is C52H75ClN6O11. The van der Waals surface area contributed by atoms with Crippen LogP contribution in [0.4, 0.5) is 0 Å². The Labute approximate surface area is 418 Å². The average molecular weight is 996 g/mol. The third-order valence-corrected chi connectivity index (χ3v) is 11.1. The predicted octanol–water partition coefficient (Wildman–Crippen LogP) is 4.92. The van der Waals surface area contributed by atoms with E-state index in [1.165, 1.54) is 0 Å². The first-order valence-corrected chi connectivity index (χ1v) is 25.1. The van der Waals surface area contributed by atoms with E-state index >= 15 is 0 Å². The Bertz CT molecular complexity index is 1840. The molecule has 3 amide bonds. The van der Waals surface area contributed by atoms with E-state index in [2.05, 4.69) is 62.7 Å². The molecule has 1 aromatic heterocycles. The van der Waals surface area contributed by atoms with Crippen molar-refractivity contribution in [2.24, 2.45) is 0 Å². The van der Waals surface area contributed by atoms with Crippen LogP contribution in [-0.2, 0) is 70.7 Å². The summed E-state index contributed by atoms with van der Waals surface area (Å²) in [5.74, 6) is 0.341. The molecule has 0 spiro atoms. The fourth-order valence-corrected chi connectivity index (χ4v) is 7.48. The maximum Gasteiger partial charge on any atom is 0.246 e. The topological polar surface area (TPSA) is 192 Å². The number of alkyl halides is 1. The number of ether oxygens (including phenoxy) is 8. The molecule has 0 saturated heterocycles. The molecular weight excluding hydrogens is 920 g/mol. The second-order valence-electron chi connectivity index (χ2n) is 16.1. The Morgan fingerprint density at radius 1 is 0.486 bits per heavy atom. The molecule has 0 atom stereocenters. The van der Waals surface area contributed by atoms with Crippen LogP contribution in [0.2, 0.25) is 0 Å². The molecule has 18 heteroatoms. The van der Waals surface area contributed by atoms with Crippen molar-refractivity contribution in [2.75, 3.05) is 131 Å². The van der Waals surface area contributed by atoms with Gasteiger partial charge in [0.05, 0.1) is 110 Å². The summed E-state index contributed by atoms with van der Waals surface area (Å²) in [5, 5.41) is 16.9. The number of hydrogen-bond donors (Lipinski definition) is 3. The van der Waals surface area contributed by atoms with E-state index in [1.807, 2.05) is 60.8 Å². The standard InChI is InChI=1S/C52H75ClN6O11/c53-22-12-1-2-13-27-63-32-33-66-30-25-56-51(62)44-70-41-40-69-38-35-64-28-23-54-49(60)21-20-48-43-59(58-57-48)26-31-67-36-39-68-37-34-65-29-24-55-50(61)42-52(45-14-6-3-7-15-45,46-16-8-4-9-17-46)47-18-10-5-11-19-47/h3-11,14-19,43H,1-2,12-13,20-42,44H2,(H,54,60)(H,55,61)(H,56,62). The summed E-state index contributed by atoms with van der Waals surface area (Å²) >= 11 is 5.67. The van der Waals surface area contributed by atoms with Gasteiger partial charge in [-0.15, -0.1) is 16.7 Å². The molecule has 0 radical (unpaired) electrons. The van der Waals surface area contributed by atoms with Gasteiger partial charge in [0, 0.05) is 57.6 Å². The Morgan fingerprint density at radius 3 is 1.43 bits per heavy atom. The number of unbranched alkanes of at least 4 members (excludes halogenated alkanes) is 3. The van der Waals surface area contributed by atoms with E-state index in [9.17, 15) is 14.4 Å². The van der Waals surface area contributed by atoms with Gasteiger partial charge in [-0.05, 0) is 29.5 Å². The smallest absolute Gasteiger partial charge is 0.246 e. The van der Waals surface area contributed by atoms with Crippen molar-refractivity contribution in [2.45, 2.75) is 56.9 Å². The zero-order chi connectivity index (χ0) is 49.4. The van der Waals surface area contributed by atoms with Gasteiger partial charge in [-0.3, -0.25) is 14.4 Å². The van der Waals surface area contributed by atoms with Gasteiger partial charge in [-0.25, -0.2) is 4.68 Å². The SMILES string of the molecule is O=C(CCc1cn(CCOCCOCCOCCNC(=O)CC(c2ccccc2)(c2ccccc2)c2ccccc2)nn1)NCCOCCOCCOCC(=O)NCCOCCOCCCCCCCl. The molecule has 70 heavy (non-hydrogen) atoms. The van der Waals surface area contributed by atoms with Gasteiger partial charge in [0.25, 0.3) is 0 Å². The second kappa shape index (κ2) is 37.9. The van der Waals surface area contributed by atoms with Crippen LogP contribution in [0.25, 0.3) is 0 Å². The van der Waals surface area contributed by atoms with Crippen LogP contribution in [0.5, 0.6) is 0 Å². The lowest BCUT2D eigenvalue weighted by Gasteiger charge is -2.35. The second-order valence-corrected chi connectivity index (χ2v) is 16.5. The highest BCUT2D eigenvalue weighted by molar-refractivity contribution is 6.17. The van der Waals surface area contributed by atoms with Crippen LogP contribution in [-0.4, -0.2) is 164 Å². The highest BCUT2D eigenvalue weighted by Gasteiger charge is 2.38. The summed E-state index contributed by atoms with van der Waals surface area (Å²) in [6, 6.07) is 30.6. The summed E-state index contributed by atoms with van der Waals surface area (Å²) in [4.78, 5) is 37.6. The maximum absolute atomic E-state index is 13.5. The van der Waals surface area contributed by atoms with Crippen molar-refractivity contribution in [3.05, 3.63) is 120 Å². The lowest BCUT2D eigenvalue weighted by atomic mass is 9.67. The number of carbonyl (C=O) groups excluding carboxylic acids is 3. The highest BCUT2D eigenvalue weighted by Crippen LogP contribution is 2.42. The quantitative estimate of drug-likeness (QED) is 0.0308. The fourth-order valence-electron chi connectivity index (χ4n) is 7.29. The molecule has 3 N–H and O–H groups in total. The molecule has 0 unspecified atom stereocenters. The lowest BCUT2D eigenvalue weighted by molar-refractivity contribution is -0.126. The summed E-state index contributed by atoms with van der Waals surface area (Å²) in [6.45, 7) is 8.00. The first-order valence-electron chi connectivity index (χ1n) is 24.5. The number of rotatable bonds is 43. The van der Waals surface area contributed by atoms with Gasteiger partial charge in [0.15, 0.2) is 0 Å². The number of hydrogen-bond acceptors (Lipinski definition) is 13. The van der Waals surface area contributed by atoms with Crippen molar-refractivity contribution in [1.29, 1.82) is 0 Å². The van der Waals surface area contributed by atoms with Gasteiger partial charge >= 0.3 is 0 Å². The van der Waals surface area contributed by atoms with Crippen molar-refractivity contribution >= 4 is 29.3 Å². The van der Waals surface area contributed by atoms with Crippen LogP contribution in [0.15, 0.2) is 97.2 Å². The van der Waals surface area contributed by atoms with Gasteiger partial charge in [0.2, 0.25) is 17.7 Å². The molecule has 0 bridgehead atoms. The number of benzene rings is 3. The van der Waals surface area contributed by atoms with E-state index in [-0.39, 0.29) is 43.8 Å². The van der Waals surface area contributed by atoms with Gasteiger partial charge in [-0.2, -0.15) is 0 Å². The van der Waals surface area contributed by atoms with Crippen molar-refractivity contribution in [3.8, 4) is 0 Å². The van der Waals surface area contributed by atoms with Gasteiger partial charge < -0.3 is 53.8 Å². The number of aromatic nitrogens is 3. The zero-order valence-electron chi connectivity index (χ0n) is 40.7. The van der Waals surface area contributed by atoms with E-state index in [0.717, 1.165) is 54.7 Å². The van der Waals surface area contributed by atoms with Crippen LogP contribution < -0.4 is 16.0 Å². The van der Waals surface area contributed by atoms with Gasteiger partial charge in [-0.1, -0.05) is 109 Å². The third kappa shape index (κ3) is 24.8. The van der Waals surface area contributed by atoms with Crippen molar-refractivity contribution in [1.82, 2.24) is 30.9 Å². The van der Waals surface area contributed by atoms with Crippen LogP contribution in [0.3, 0.4) is 0 Å². The van der Waals surface area contributed by atoms with Crippen molar-refractivity contribution < 1.29 is 52.3 Å². The van der Waals surface area contributed by atoms with Crippen molar-refractivity contribution in [3.63, 3.8) is 0 Å². The minimum absolute atomic E-state index is 0.0483. The fraction of sp³-hybridized carbons (Fsp3) is 0.558. The molecule has 17 nitrogen and oxygen atoms in total. The molecule has 4 rings (SSSR count). The lowest BCUT2D eigenvalue weighted by Crippen LogP contribution is -2.38. The molecule has 4 aromatic rings. The number of carbonyl (C=O) groups is 3. The summed E-state index contributed by atoms with van der Waals surface area (Å²) in [6.07, 6.45) is 7.14. The van der Waals surface area contributed by atoms with E-state index in [0.29, 0.717) is 124 Å². The van der Waals surface area contributed by atoms with E-state index in [4.69, 9.17) is 49.5 Å². The first-order chi connectivity index (χ1) is 34.5. The molecule has 0 saturated carbocycles. The number of nitrogens with one attached hydrogen (secondary N) is 3. The summed E-state index contributed by atoms with van der Waals surface area (Å²) in [7, 11) is 0. The van der Waals surface area contributed by atoms with E-state index in [1.54, 1.807) is 4.68 Å². The molecule has 0 aliphatic carbocycles. The Balaban J connectivity index is 0.900. The van der Waals surface area contributed by atoms with E-state index < -0.39 is 5.41 Å². The number of nitrogens with zero attached hydrogens (tertiary/aromatic N) is 3. The third-order valence-electron chi connectivity index (χ3n) is 10.9. The number of halogens is 1. The predicted molar refractivity (Wildman–Crippen MR) is 267 cm³/mol. The average Bonchev–Trinajstić information content (AvgIpc) is 3.85. The molecule has 1 heterocycles. The molecule has 3 aromatic carbocycles. The minimum atomic E-state index is -0.650. The normalized spacial score (nSPS) is 11.4. The maximum atomic E-state index is 13.5.